The number of piperidine rings is 1. The maximum Gasteiger partial charge on any atom is 0.243 e. The number of rotatable bonds is 7. The van der Waals surface area contributed by atoms with Crippen molar-refractivity contribution in [3.8, 4) is 0 Å². The highest BCUT2D eigenvalue weighted by Crippen LogP contribution is 2.26. The monoisotopic (exact) mass is 466 g/mol. The second-order valence-corrected chi connectivity index (χ2v) is 10.8. The maximum atomic E-state index is 12.8. The Morgan fingerprint density at radius 1 is 0.875 bits per heavy atom. The van der Waals surface area contributed by atoms with Crippen LogP contribution in [-0.2, 0) is 20.6 Å². The van der Waals surface area contributed by atoms with E-state index in [0.717, 1.165) is 11.4 Å². The molecule has 1 heterocycles. The van der Waals surface area contributed by atoms with Crippen molar-refractivity contribution in [1.82, 2.24) is 4.31 Å². The van der Waals surface area contributed by atoms with E-state index in [9.17, 15) is 13.2 Å². The Morgan fingerprint density at radius 2 is 1.47 bits per heavy atom. The van der Waals surface area contributed by atoms with Gasteiger partial charge in [-0.15, -0.1) is 11.8 Å². The van der Waals surface area contributed by atoms with Crippen molar-refractivity contribution >= 4 is 33.4 Å². The van der Waals surface area contributed by atoms with E-state index in [0.29, 0.717) is 30.8 Å². The van der Waals surface area contributed by atoms with Crippen LogP contribution in [0.25, 0.3) is 0 Å². The zero-order chi connectivity index (χ0) is 22.4. The number of sulfonamides is 1. The van der Waals surface area contributed by atoms with E-state index in [2.05, 4.69) is 17.4 Å². The molecule has 3 aromatic carbocycles. The SMILES string of the molecule is O=C(Nc1ccc(CSc2ccccc2)cc1)C1CCN(S(=O)(=O)c2ccccc2)CC1. The predicted octanol–water partition coefficient (Wildman–Crippen LogP) is 5.02. The minimum absolute atomic E-state index is 0.0480. The Balaban J connectivity index is 1.27. The van der Waals surface area contributed by atoms with Gasteiger partial charge in [-0.2, -0.15) is 4.31 Å². The fourth-order valence-electron chi connectivity index (χ4n) is 3.71. The molecule has 0 unspecified atom stereocenters. The first-order valence-corrected chi connectivity index (χ1v) is 13.1. The second-order valence-electron chi connectivity index (χ2n) is 7.78. The summed E-state index contributed by atoms with van der Waals surface area (Å²) >= 11 is 1.78. The average Bonchev–Trinajstić information content (AvgIpc) is 2.85. The van der Waals surface area contributed by atoms with E-state index in [4.69, 9.17) is 0 Å². The van der Waals surface area contributed by atoms with Crippen molar-refractivity contribution in [1.29, 1.82) is 0 Å². The van der Waals surface area contributed by atoms with Crippen LogP contribution in [0.2, 0.25) is 0 Å². The quantitative estimate of drug-likeness (QED) is 0.497. The maximum absolute atomic E-state index is 12.8. The van der Waals surface area contributed by atoms with Crippen LogP contribution in [0.3, 0.4) is 0 Å². The van der Waals surface area contributed by atoms with E-state index in [1.165, 1.54) is 14.8 Å². The molecule has 3 aromatic rings. The molecule has 0 bridgehead atoms. The summed E-state index contributed by atoms with van der Waals surface area (Å²) in [7, 11) is -3.50. The molecule has 1 N–H and O–H groups in total. The van der Waals surface area contributed by atoms with E-state index in [1.807, 2.05) is 42.5 Å². The van der Waals surface area contributed by atoms with E-state index in [1.54, 1.807) is 42.1 Å². The lowest BCUT2D eigenvalue weighted by Gasteiger charge is -2.30. The molecule has 0 atom stereocenters. The van der Waals surface area contributed by atoms with Gasteiger partial charge in [-0.05, 0) is 54.8 Å². The van der Waals surface area contributed by atoms with Crippen LogP contribution in [0.5, 0.6) is 0 Å². The largest absolute Gasteiger partial charge is 0.326 e. The number of benzene rings is 3. The van der Waals surface area contributed by atoms with Crippen LogP contribution in [0.4, 0.5) is 5.69 Å². The van der Waals surface area contributed by atoms with Gasteiger partial charge in [0, 0.05) is 35.3 Å². The standard InChI is InChI=1S/C25H26N2O3S2/c28-25(21-15-17-27(18-16-21)32(29,30)24-9-5-2-6-10-24)26-22-13-11-20(12-14-22)19-31-23-7-3-1-4-8-23/h1-14,21H,15-19H2,(H,26,28). The summed E-state index contributed by atoms with van der Waals surface area (Å²) in [6.07, 6.45) is 1.04. The average molecular weight is 467 g/mol. The smallest absolute Gasteiger partial charge is 0.243 e. The molecule has 5 nitrogen and oxygen atoms in total. The number of amides is 1. The Hall–Kier alpha value is -2.61. The Bertz CT molecular complexity index is 1130. The van der Waals surface area contributed by atoms with Gasteiger partial charge in [0.2, 0.25) is 15.9 Å². The highest BCUT2D eigenvalue weighted by Gasteiger charge is 2.32. The molecule has 32 heavy (non-hydrogen) atoms. The third kappa shape index (κ3) is 5.59. The third-order valence-corrected chi connectivity index (χ3v) is 8.57. The molecule has 0 aliphatic carbocycles. The number of nitrogens with one attached hydrogen (secondary N) is 1. The summed E-state index contributed by atoms with van der Waals surface area (Å²) in [5.74, 6) is 0.630. The van der Waals surface area contributed by atoms with E-state index >= 15 is 0 Å². The normalized spacial score (nSPS) is 15.4. The third-order valence-electron chi connectivity index (χ3n) is 5.58. The number of anilines is 1. The van der Waals surface area contributed by atoms with Crippen molar-refractivity contribution in [2.75, 3.05) is 18.4 Å². The summed E-state index contributed by atoms with van der Waals surface area (Å²) in [6.45, 7) is 0.704. The van der Waals surface area contributed by atoms with Crippen LogP contribution in [-0.4, -0.2) is 31.7 Å². The van der Waals surface area contributed by atoms with E-state index in [-0.39, 0.29) is 11.8 Å². The predicted molar refractivity (Wildman–Crippen MR) is 129 cm³/mol. The van der Waals surface area contributed by atoms with Gasteiger partial charge < -0.3 is 5.32 Å². The highest BCUT2D eigenvalue weighted by atomic mass is 32.2. The number of carbonyl (C=O) groups is 1. The Kier molecular flexibility index (Phi) is 7.29. The minimum atomic E-state index is -3.50. The van der Waals surface area contributed by atoms with Gasteiger partial charge in [-0.25, -0.2) is 8.42 Å². The summed E-state index contributed by atoms with van der Waals surface area (Å²) in [6, 6.07) is 26.6. The summed E-state index contributed by atoms with van der Waals surface area (Å²) in [5.41, 5.74) is 1.96. The molecule has 1 fully saturated rings. The number of thioether (sulfide) groups is 1. The van der Waals surface area contributed by atoms with Crippen molar-refractivity contribution in [2.24, 2.45) is 5.92 Å². The van der Waals surface area contributed by atoms with Gasteiger partial charge in [-0.1, -0.05) is 48.5 Å². The molecule has 166 valence electrons. The van der Waals surface area contributed by atoms with Crippen LogP contribution in [0.15, 0.2) is 94.7 Å². The zero-order valence-electron chi connectivity index (χ0n) is 17.7. The lowest BCUT2D eigenvalue weighted by molar-refractivity contribution is -0.120. The molecular formula is C25H26N2O3S2. The molecule has 1 amide bonds. The number of hydrogen-bond donors (Lipinski definition) is 1. The summed E-state index contributed by atoms with van der Waals surface area (Å²) in [5, 5.41) is 2.98. The van der Waals surface area contributed by atoms with Crippen molar-refractivity contribution in [3.05, 3.63) is 90.5 Å². The van der Waals surface area contributed by atoms with Crippen LogP contribution in [0.1, 0.15) is 18.4 Å². The van der Waals surface area contributed by atoms with Gasteiger partial charge >= 0.3 is 0 Å². The molecule has 1 aliphatic heterocycles. The molecule has 1 aliphatic rings. The molecule has 0 aromatic heterocycles. The molecule has 0 spiro atoms. The van der Waals surface area contributed by atoms with Gasteiger partial charge in [-0.3, -0.25) is 4.79 Å². The van der Waals surface area contributed by atoms with Crippen molar-refractivity contribution in [3.63, 3.8) is 0 Å². The van der Waals surface area contributed by atoms with Crippen LogP contribution < -0.4 is 5.32 Å². The summed E-state index contributed by atoms with van der Waals surface area (Å²) in [4.78, 5) is 14.2. The van der Waals surface area contributed by atoms with Crippen LogP contribution in [0, 0.1) is 5.92 Å². The fraction of sp³-hybridized carbons (Fsp3) is 0.240. The molecule has 4 rings (SSSR count). The fourth-order valence-corrected chi connectivity index (χ4v) is 6.08. The van der Waals surface area contributed by atoms with E-state index < -0.39 is 10.0 Å². The van der Waals surface area contributed by atoms with Crippen molar-refractivity contribution in [2.45, 2.75) is 28.4 Å². The van der Waals surface area contributed by atoms with Crippen LogP contribution >= 0.6 is 11.8 Å². The molecule has 0 radical (unpaired) electrons. The van der Waals surface area contributed by atoms with Crippen molar-refractivity contribution < 1.29 is 13.2 Å². The Labute approximate surface area is 193 Å². The lowest BCUT2D eigenvalue weighted by atomic mass is 9.97. The summed E-state index contributed by atoms with van der Waals surface area (Å²) < 4.78 is 27.0. The van der Waals surface area contributed by atoms with Gasteiger partial charge in [0.1, 0.15) is 0 Å². The number of hydrogen-bond acceptors (Lipinski definition) is 4. The number of nitrogens with zero attached hydrogens (tertiary/aromatic N) is 1. The second kappa shape index (κ2) is 10.3. The highest BCUT2D eigenvalue weighted by molar-refractivity contribution is 7.98. The zero-order valence-corrected chi connectivity index (χ0v) is 19.3. The first-order chi connectivity index (χ1) is 15.5. The number of carbonyl (C=O) groups excluding carboxylic acids is 1. The lowest BCUT2D eigenvalue weighted by Crippen LogP contribution is -2.41. The van der Waals surface area contributed by atoms with Gasteiger partial charge in [0.15, 0.2) is 0 Å². The first-order valence-electron chi connectivity index (χ1n) is 10.7. The molecular weight excluding hydrogens is 440 g/mol. The van der Waals surface area contributed by atoms with Gasteiger partial charge in [0.25, 0.3) is 0 Å². The Morgan fingerprint density at radius 3 is 2.09 bits per heavy atom. The molecule has 0 saturated carbocycles. The topological polar surface area (TPSA) is 66.5 Å². The van der Waals surface area contributed by atoms with Gasteiger partial charge in [0.05, 0.1) is 4.90 Å². The minimum Gasteiger partial charge on any atom is -0.326 e. The first kappa shape index (κ1) is 22.6. The molecule has 1 saturated heterocycles. The molecule has 7 heteroatoms.